The van der Waals surface area contributed by atoms with Crippen LogP contribution >= 0.6 is 15.9 Å². The van der Waals surface area contributed by atoms with Gasteiger partial charge in [-0.3, -0.25) is 10.1 Å². The summed E-state index contributed by atoms with van der Waals surface area (Å²) in [6, 6.07) is 12.8. The first-order valence-corrected chi connectivity index (χ1v) is 8.85. The first-order chi connectivity index (χ1) is 12.0. The van der Waals surface area contributed by atoms with E-state index in [0.717, 1.165) is 10.0 Å². The molecule has 1 saturated heterocycles. The highest BCUT2D eigenvalue weighted by molar-refractivity contribution is 9.10. The smallest absolute Gasteiger partial charge is 0.320 e. The van der Waals surface area contributed by atoms with Gasteiger partial charge in [-0.2, -0.15) is 0 Å². The average Bonchev–Trinajstić information content (AvgIpc) is 2.97. The van der Waals surface area contributed by atoms with Crippen LogP contribution in [-0.2, 0) is 4.79 Å². The number of hydrogen-bond acceptors (Lipinski definition) is 3. The lowest BCUT2D eigenvalue weighted by molar-refractivity contribution is -0.129. The molecule has 0 spiro atoms. The molecule has 2 N–H and O–H groups in total. The summed E-state index contributed by atoms with van der Waals surface area (Å²) in [7, 11) is 0. The number of nitrogens with one attached hydrogen (secondary N) is 2. The quantitative estimate of drug-likeness (QED) is 0.823. The van der Waals surface area contributed by atoms with Crippen molar-refractivity contribution in [3.8, 4) is 0 Å². The molecule has 1 aliphatic heterocycles. The molecule has 1 fully saturated rings. The summed E-state index contributed by atoms with van der Waals surface area (Å²) in [5.74, 6) is 0.503. The summed E-state index contributed by atoms with van der Waals surface area (Å²) in [5.41, 5.74) is 1.08. The Bertz CT molecular complexity index is 751. The average molecular weight is 403 g/mol. The molecule has 0 saturated carbocycles. The molecule has 2 heterocycles. The van der Waals surface area contributed by atoms with Crippen LogP contribution < -0.4 is 10.6 Å². The molecule has 7 heteroatoms. The molecule has 6 nitrogen and oxygen atoms in total. The molecule has 25 heavy (non-hydrogen) atoms. The topological polar surface area (TPSA) is 74.3 Å². The van der Waals surface area contributed by atoms with Crippen LogP contribution in [0.3, 0.4) is 0 Å². The fourth-order valence-corrected chi connectivity index (χ4v) is 3.14. The highest BCUT2D eigenvalue weighted by Gasteiger charge is 2.33. The van der Waals surface area contributed by atoms with Crippen LogP contribution in [-0.4, -0.2) is 34.4 Å². The number of aromatic nitrogens is 1. The van der Waals surface area contributed by atoms with Gasteiger partial charge in [0.05, 0.1) is 12.1 Å². The van der Waals surface area contributed by atoms with E-state index in [2.05, 4.69) is 31.5 Å². The maximum atomic E-state index is 12.3. The molecule has 0 aliphatic carbocycles. The Morgan fingerprint density at radius 1 is 1.28 bits per heavy atom. The van der Waals surface area contributed by atoms with Crippen molar-refractivity contribution >= 4 is 33.7 Å². The summed E-state index contributed by atoms with van der Waals surface area (Å²) in [4.78, 5) is 30.3. The van der Waals surface area contributed by atoms with Crippen LogP contribution in [0.5, 0.6) is 0 Å². The number of anilines is 1. The third-order valence-electron chi connectivity index (χ3n) is 4.21. The van der Waals surface area contributed by atoms with E-state index in [4.69, 9.17) is 0 Å². The van der Waals surface area contributed by atoms with Crippen LogP contribution in [0.1, 0.15) is 24.9 Å². The van der Waals surface area contributed by atoms with E-state index in [1.165, 1.54) is 0 Å². The predicted octanol–water partition coefficient (Wildman–Crippen LogP) is 3.33. The van der Waals surface area contributed by atoms with Crippen molar-refractivity contribution in [3.05, 3.63) is 58.7 Å². The van der Waals surface area contributed by atoms with Gasteiger partial charge in [0.25, 0.3) is 0 Å². The zero-order valence-corrected chi connectivity index (χ0v) is 15.4. The van der Waals surface area contributed by atoms with E-state index in [9.17, 15) is 9.59 Å². The van der Waals surface area contributed by atoms with E-state index >= 15 is 0 Å². The van der Waals surface area contributed by atoms with Gasteiger partial charge < -0.3 is 10.2 Å². The van der Waals surface area contributed by atoms with E-state index in [1.54, 1.807) is 23.2 Å². The molecule has 3 amide bonds. The van der Waals surface area contributed by atoms with Gasteiger partial charge in [-0.1, -0.05) is 30.3 Å². The van der Waals surface area contributed by atoms with Crippen LogP contribution in [0, 0.1) is 0 Å². The van der Waals surface area contributed by atoms with Gasteiger partial charge in [0.15, 0.2) is 0 Å². The zero-order chi connectivity index (χ0) is 17.8. The number of carbonyl (C=O) groups excluding carboxylic acids is 2. The Hall–Kier alpha value is -2.41. The lowest BCUT2D eigenvalue weighted by atomic mass is 10.1. The fraction of sp³-hybridized carbons (Fsp3) is 0.278. The number of amides is 3. The number of carbonyl (C=O) groups is 2. The van der Waals surface area contributed by atoms with Gasteiger partial charge in [0.2, 0.25) is 5.91 Å². The molecule has 1 aromatic carbocycles. The second-order valence-electron chi connectivity index (χ2n) is 5.99. The van der Waals surface area contributed by atoms with Crippen molar-refractivity contribution in [2.75, 3.05) is 11.9 Å². The molecular formula is C18H19BrN4O2. The minimum absolute atomic E-state index is 0.0169. The summed E-state index contributed by atoms with van der Waals surface area (Å²) in [5, 5.41) is 5.52. The summed E-state index contributed by atoms with van der Waals surface area (Å²) < 4.78 is 0.838. The number of rotatable bonds is 4. The summed E-state index contributed by atoms with van der Waals surface area (Å²) in [6.45, 7) is 2.50. The molecule has 130 valence electrons. The van der Waals surface area contributed by atoms with Crippen LogP contribution in [0.15, 0.2) is 53.1 Å². The Kier molecular flexibility index (Phi) is 5.33. The Morgan fingerprint density at radius 2 is 2.04 bits per heavy atom. The number of pyridine rings is 1. The summed E-state index contributed by atoms with van der Waals surface area (Å²) >= 11 is 3.29. The van der Waals surface area contributed by atoms with Gasteiger partial charge >= 0.3 is 6.03 Å². The van der Waals surface area contributed by atoms with E-state index in [1.807, 2.05) is 37.3 Å². The van der Waals surface area contributed by atoms with Gasteiger partial charge in [0.1, 0.15) is 5.82 Å². The van der Waals surface area contributed by atoms with Crippen LogP contribution in [0.25, 0.3) is 0 Å². The number of urea groups is 1. The Morgan fingerprint density at radius 3 is 2.72 bits per heavy atom. The number of hydrogen-bond donors (Lipinski definition) is 2. The van der Waals surface area contributed by atoms with E-state index in [0.29, 0.717) is 18.8 Å². The van der Waals surface area contributed by atoms with Crippen molar-refractivity contribution in [2.45, 2.75) is 25.4 Å². The third kappa shape index (κ3) is 4.36. The molecule has 2 aromatic rings. The second-order valence-corrected chi connectivity index (χ2v) is 6.91. The minimum atomic E-state index is -0.359. The number of likely N-dealkylation sites (tertiary alicyclic amines) is 1. The molecular weight excluding hydrogens is 384 g/mol. The SMILES string of the molecule is CC(c1ccccc1)N1CC(NC(=O)Nc2ccc(Br)cn2)CC1=O. The zero-order valence-electron chi connectivity index (χ0n) is 13.8. The molecule has 1 aromatic heterocycles. The molecule has 0 radical (unpaired) electrons. The maximum Gasteiger partial charge on any atom is 0.320 e. The molecule has 2 unspecified atom stereocenters. The fourth-order valence-electron chi connectivity index (χ4n) is 2.90. The largest absolute Gasteiger partial charge is 0.334 e. The van der Waals surface area contributed by atoms with Crippen molar-refractivity contribution in [1.29, 1.82) is 0 Å². The predicted molar refractivity (Wildman–Crippen MR) is 99.1 cm³/mol. The Labute approximate surface area is 154 Å². The van der Waals surface area contributed by atoms with Crippen LogP contribution in [0.2, 0.25) is 0 Å². The number of benzene rings is 1. The lowest BCUT2D eigenvalue weighted by Crippen LogP contribution is -2.40. The standard InChI is InChI=1S/C18H19BrN4O2/c1-12(13-5-3-2-4-6-13)23-11-15(9-17(23)24)21-18(25)22-16-8-7-14(19)10-20-16/h2-8,10,12,15H,9,11H2,1H3,(H2,20,21,22,25). The van der Waals surface area contributed by atoms with Gasteiger partial charge in [0, 0.05) is 23.6 Å². The van der Waals surface area contributed by atoms with Crippen molar-refractivity contribution in [2.24, 2.45) is 0 Å². The normalized spacial score (nSPS) is 18.1. The third-order valence-corrected chi connectivity index (χ3v) is 4.68. The first kappa shape index (κ1) is 17.4. The van der Waals surface area contributed by atoms with Gasteiger partial charge in [-0.25, -0.2) is 9.78 Å². The molecule has 3 rings (SSSR count). The van der Waals surface area contributed by atoms with Crippen LogP contribution in [0.4, 0.5) is 10.6 Å². The lowest BCUT2D eigenvalue weighted by Gasteiger charge is -2.25. The number of nitrogens with zero attached hydrogens (tertiary/aromatic N) is 2. The monoisotopic (exact) mass is 402 g/mol. The molecule has 2 atom stereocenters. The van der Waals surface area contributed by atoms with Gasteiger partial charge in [-0.05, 0) is 40.5 Å². The van der Waals surface area contributed by atoms with Crippen molar-refractivity contribution < 1.29 is 9.59 Å². The van der Waals surface area contributed by atoms with Crippen molar-refractivity contribution in [1.82, 2.24) is 15.2 Å². The van der Waals surface area contributed by atoms with E-state index < -0.39 is 0 Å². The number of halogens is 1. The summed E-state index contributed by atoms with van der Waals surface area (Å²) in [6.07, 6.45) is 1.91. The minimum Gasteiger partial charge on any atom is -0.334 e. The van der Waals surface area contributed by atoms with E-state index in [-0.39, 0.29) is 24.0 Å². The Balaban J connectivity index is 1.57. The maximum absolute atomic E-state index is 12.3. The first-order valence-electron chi connectivity index (χ1n) is 8.06. The molecule has 1 aliphatic rings. The highest BCUT2D eigenvalue weighted by atomic mass is 79.9. The van der Waals surface area contributed by atoms with Crippen molar-refractivity contribution in [3.63, 3.8) is 0 Å². The van der Waals surface area contributed by atoms with Gasteiger partial charge in [-0.15, -0.1) is 0 Å². The molecule has 0 bridgehead atoms. The highest BCUT2D eigenvalue weighted by Crippen LogP contribution is 2.25. The second kappa shape index (κ2) is 7.65.